The topological polar surface area (TPSA) is 64.6 Å². The Balaban J connectivity index is 1.61. The highest BCUT2D eigenvalue weighted by Crippen LogP contribution is 2.15. The van der Waals surface area contributed by atoms with Crippen molar-refractivity contribution in [2.45, 2.75) is 19.8 Å². The zero-order valence-electron chi connectivity index (χ0n) is 14.0. The maximum atomic E-state index is 11.7. The third kappa shape index (κ3) is 7.39. The Bertz CT molecular complexity index is 733. The molecule has 2 aromatic carbocycles. The minimum absolute atomic E-state index is 0.204. The molecule has 0 heterocycles. The minimum atomic E-state index is -0.419. The van der Waals surface area contributed by atoms with E-state index in [0.29, 0.717) is 18.7 Å². The first-order valence-corrected chi connectivity index (χ1v) is 8.73. The Morgan fingerprint density at radius 3 is 2.68 bits per heavy atom. The van der Waals surface area contributed by atoms with E-state index < -0.39 is 5.97 Å². The summed E-state index contributed by atoms with van der Waals surface area (Å²) in [6.45, 7) is 2.11. The second-order valence-corrected chi connectivity index (χ2v) is 6.40. The minimum Gasteiger partial charge on any atom is -0.494 e. The molecule has 0 saturated heterocycles. The Morgan fingerprint density at radius 2 is 1.92 bits per heavy atom. The first-order valence-electron chi connectivity index (χ1n) is 7.93. The van der Waals surface area contributed by atoms with Crippen LogP contribution in [-0.2, 0) is 14.3 Å². The van der Waals surface area contributed by atoms with E-state index in [1.165, 1.54) is 0 Å². The van der Waals surface area contributed by atoms with E-state index in [2.05, 4.69) is 21.2 Å². The standard InChI is InChI=1S/C19H20BrNO4/c1-14-5-2-8-17(11-14)24-10-4-9-19(23)25-13-18(22)21-16-7-3-6-15(20)12-16/h2-3,5-8,11-12H,4,9-10,13H2,1H3,(H,21,22). The van der Waals surface area contributed by atoms with E-state index in [-0.39, 0.29) is 18.9 Å². The van der Waals surface area contributed by atoms with Crippen molar-refractivity contribution in [2.24, 2.45) is 0 Å². The summed E-state index contributed by atoms with van der Waals surface area (Å²) in [6.07, 6.45) is 0.732. The number of benzene rings is 2. The van der Waals surface area contributed by atoms with Crippen LogP contribution in [0.4, 0.5) is 5.69 Å². The molecule has 6 heteroatoms. The maximum Gasteiger partial charge on any atom is 0.306 e. The second-order valence-electron chi connectivity index (χ2n) is 5.49. The second kappa shape index (κ2) is 9.84. The molecule has 0 bridgehead atoms. The summed E-state index contributed by atoms with van der Waals surface area (Å²) in [5.41, 5.74) is 1.76. The zero-order valence-corrected chi connectivity index (χ0v) is 15.5. The molecule has 0 aliphatic carbocycles. The molecule has 5 nitrogen and oxygen atoms in total. The van der Waals surface area contributed by atoms with Crippen LogP contribution in [0.5, 0.6) is 5.75 Å². The first-order chi connectivity index (χ1) is 12.0. The average Bonchev–Trinajstić information content (AvgIpc) is 2.57. The van der Waals surface area contributed by atoms with Gasteiger partial charge in [-0.3, -0.25) is 9.59 Å². The number of amides is 1. The van der Waals surface area contributed by atoms with Gasteiger partial charge in [0.05, 0.1) is 6.61 Å². The number of carbonyl (C=O) groups excluding carboxylic acids is 2. The van der Waals surface area contributed by atoms with E-state index in [4.69, 9.17) is 9.47 Å². The molecular formula is C19H20BrNO4. The van der Waals surface area contributed by atoms with Crippen molar-refractivity contribution in [3.8, 4) is 5.75 Å². The molecule has 2 rings (SSSR count). The van der Waals surface area contributed by atoms with Gasteiger partial charge in [0, 0.05) is 16.6 Å². The summed E-state index contributed by atoms with van der Waals surface area (Å²) in [5, 5.41) is 2.66. The van der Waals surface area contributed by atoms with Gasteiger partial charge in [0.1, 0.15) is 5.75 Å². The molecule has 0 aliphatic rings. The van der Waals surface area contributed by atoms with E-state index in [1.54, 1.807) is 18.2 Å². The van der Waals surface area contributed by atoms with Crippen molar-refractivity contribution in [3.05, 3.63) is 58.6 Å². The van der Waals surface area contributed by atoms with Gasteiger partial charge in [0.25, 0.3) is 5.91 Å². The molecular weight excluding hydrogens is 386 g/mol. The van der Waals surface area contributed by atoms with Gasteiger partial charge in [-0.1, -0.05) is 34.1 Å². The molecule has 2 aromatic rings. The molecule has 0 saturated carbocycles. The monoisotopic (exact) mass is 405 g/mol. The predicted octanol–water partition coefficient (Wildman–Crippen LogP) is 4.10. The fourth-order valence-electron chi connectivity index (χ4n) is 2.09. The lowest BCUT2D eigenvalue weighted by molar-refractivity contribution is -0.147. The van der Waals surface area contributed by atoms with Gasteiger partial charge >= 0.3 is 5.97 Å². The average molecular weight is 406 g/mol. The number of rotatable bonds is 8. The number of hydrogen-bond donors (Lipinski definition) is 1. The van der Waals surface area contributed by atoms with E-state index in [1.807, 2.05) is 37.3 Å². The van der Waals surface area contributed by atoms with Crippen LogP contribution in [-0.4, -0.2) is 25.1 Å². The molecule has 1 N–H and O–H groups in total. The molecule has 0 unspecified atom stereocenters. The van der Waals surface area contributed by atoms with Crippen molar-refractivity contribution in [1.29, 1.82) is 0 Å². The number of hydrogen-bond acceptors (Lipinski definition) is 4. The number of ether oxygens (including phenoxy) is 2. The van der Waals surface area contributed by atoms with Crippen molar-refractivity contribution >= 4 is 33.5 Å². The normalized spacial score (nSPS) is 10.2. The summed E-state index contributed by atoms with van der Waals surface area (Å²) in [4.78, 5) is 23.4. The molecule has 132 valence electrons. The summed E-state index contributed by atoms with van der Waals surface area (Å²) in [5.74, 6) is -0.0125. The summed E-state index contributed by atoms with van der Waals surface area (Å²) in [6, 6.07) is 14.9. The van der Waals surface area contributed by atoms with Crippen LogP contribution in [0.2, 0.25) is 0 Å². The molecule has 0 atom stereocenters. The van der Waals surface area contributed by atoms with Gasteiger partial charge in [-0.15, -0.1) is 0 Å². The van der Waals surface area contributed by atoms with E-state index in [0.717, 1.165) is 15.8 Å². The third-order valence-electron chi connectivity index (χ3n) is 3.26. The number of aryl methyl sites for hydroxylation is 1. The molecule has 0 fully saturated rings. The fraction of sp³-hybridized carbons (Fsp3) is 0.263. The Labute approximate surface area is 155 Å². The predicted molar refractivity (Wildman–Crippen MR) is 99.6 cm³/mol. The molecule has 0 radical (unpaired) electrons. The van der Waals surface area contributed by atoms with Crippen LogP contribution in [0.1, 0.15) is 18.4 Å². The van der Waals surface area contributed by atoms with E-state index in [9.17, 15) is 9.59 Å². The first kappa shape index (κ1) is 19.0. The molecule has 0 spiro atoms. The Kier molecular flexibility index (Phi) is 7.47. The quantitative estimate of drug-likeness (QED) is 0.530. The molecule has 25 heavy (non-hydrogen) atoms. The van der Waals surface area contributed by atoms with Gasteiger partial charge in [-0.2, -0.15) is 0 Å². The number of carbonyl (C=O) groups is 2. The zero-order chi connectivity index (χ0) is 18.1. The molecule has 1 amide bonds. The van der Waals surface area contributed by atoms with Crippen LogP contribution >= 0.6 is 15.9 Å². The maximum absolute atomic E-state index is 11.7. The van der Waals surface area contributed by atoms with Crippen LogP contribution in [0, 0.1) is 6.92 Å². The van der Waals surface area contributed by atoms with Crippen molar-refractivity contribution in [1.82, 2.24) is 0 Å². The van der Waals surface area contributed by atoms with Crippen LogP contribution in [0.3, 0.4) is 0 Å². The smallest absolute Gasteiger partial charge is 0.306 e. The van der Waals surface area contributed by atoms with Gasteiger partial charge in [0.15, 0.2) is 6.61 Å². The summed E-state index contributed by atoms with van der Waals surface area (Å²) in [7, 11) is 0. The molecule has 0 aromatic heterocycles. The number of esters is 1. The lowest BCUT2D eigenvalue weighted by atomic mass is 10.2. The highest BCUT2D eigenvalue weighted by Gasteiger charge is 2.08. The lowest BCUT2D eigenvalue weighted by Gasteiger charge is -2.08. The van der Waals surface area contributed by atoms with Gasteiger partial charge in [0.2, 0.25) is 0 Å². The highest BCUT2D eigenvalue weighted by molar-refractivity contribution is 9.10. The van der Waals surface area contributed by atoms with Crippen molar-refractivity contribution in [3.63, 3.8) is 0 Å². The molecule has 0 aliphatic heterocycles. The van der Waals surface area contributed by atoms with Gasteiger partial charge < -0.3 is 14.8 Å². The number of anilines is 1. The number of halogens is 1. The third-order valence-corrected chi connectivity index (χ3v) is 3.75. The van der Waals surface area contributed by atoms with Crippen molar-refractivity contribution < 1.29 is 19.1 Å². The summed E-state index contributed by atoms with van der Waals surface area (Å²) < 4.78 is 11.4. The summed E-state index contributed by atoms with van der Waals surface area (Å²) >= 11 is 3.32. The largest absolute Gasteiger partial charge is 0.494 e. The van der Waals surface area contributed by atoms with Gasteiger partial charge in [-0.25, -0.2) is 0 Å². The SMILES string of the molecule is Cc1cccc(OCCCC(=O)OCC(=O)Nc2cccc(Br)c2)c1. The Morgan fingerprint density at radius 1 is 1.12 bits per heavy atom. The van der Waals surface area contributed by atoms with Gasteiger partial charge in [-0.05, 0) is 49.2 Å². The Hall–Kier alpha value is -2.34. The van der Waals surface area contributed by atoms with Crippen LogP contribution < -0.4 is 10.1 Å². The van der Waals surface area contributed by atoms with Crippen LogP contribution in [0.25, 0.3) is 0 Å². The van der Waals surface area contributed by atoms with Crippen molar-refractivity contribution in [2.75, 3.05) is 18.5 Å². The van der Waals surface area contributed by atoms with E-state index >= 15 is 0 Å². The van der Waals surface area contributed by atoms with Crippen LogP contribution in [0.15, 0.2) is 53.0 Å². The lowest BCUT2D eigenvalue weighted by Crippen LogP contribution is -2.21. The highest BCUT2D eigenvalue weighted by atomic mass is 79.9. The number of nitrogens with one attached hydrogen (secondary N) is 1. The fourth-order valence-corrected chi connectivity index (χ4v) is 2.49.